The van der Waals surface area contributed by atoms with E-state index >= 15 is 0 Å². The Morgan fingerprint density at radius 1 is 1.03 bits per heavy atom. The van der Waals surface area contributed by atoms with Crippen molar-refractivity contribution in [2.45, 2.75) is 13.0 Å². The van der Waals surface area contributed by atoms with E-state index in [1.807, 2.05) is 43.3 Å². The molecule has 2 aliphatic rings. The largest absolute Gasteiger partial charge is 0.454 e. The fraction of sp³-hybridized carbons (Fsp3) is 0.364. The quantitative estimate of drug-likeness (QED) is 0.620. The van der Waals surface area contributed by atoms with Crippen LogP contribution in [-0.4, -0.2) is 51.5 Å². The van der Waals surface area contributed by atoms with E-state index in [4.69, 9.17) is 14.2 Å². The zero-order valence-corrected chi connectivity index (χ0v) is 16.9. The fourth-order valence-corrected chi connectivity index (χ4v) is 3.80. The highest BCUT2D eigenvalue weighted by Crippen LogP contribution is 2.33. The summed E-state index contributed by atoms with van der Waals surface area (Å²) in [4.78, 5) is 26.0. The number of amides is 2. The number of hydrogen-bond donors (Lipinski definition) is 3. The number of morpholine rings is 1. The Kier molecular flexibility index (Phi) is 6.15. The Labute approximate surface area is 175 Å². The molecule has 158 valence electrons. The summed E-state index contributed by atoms with van der Waals surface area (Å²) in [6, 6.07) is 13.1. The van der Waals surface area contributed by atoms with Crippen LogP contribution in [0.3, 0.4) is 0 Å². The van der Waals surface area contributed by atoms with Gasteiger partial charge in [0.25, 0.3) is 0 Å². The van der Waals surface area contributed by atoms with Crippen molar-refractivity contribution in [3.8, 4) is 11.5 Å². The van der Waals surface area contributed by atoms with Gasteiger partial charge in [0.2, 0.25) is 6.79 Å². The third-order valence-corrected chi connectivity index (χ3v) is 5.38. The molecule has 0 bridgehead atoms. The first-order valence-corrected chi connectivity index (χ1v) is 10.1. The van der Waals surface area contributed by atoms with Gasteiger partial charge in [0.05, 0.1) is 19.8 Å². The van der Waals surface area contributed by atoms with Crippen molar-refractivity contribution in [1.82, 2.24) is 5.32 Å². The molecular weight excluding hydrogens is 386 g/mol. The van der Waals surface area contributed by atoms with Gasteiger partial charge in [0.15, 0.2) is 11.5 Å². The van der Waals surface area contributed by atoms with Gasteiger partial charge in [-0.2, -0.15) is 0 Å². The maximum Gasteiger partial charge on any atom is 0.313 e. The zero-order chi connectivity index (χ0) is 20.9. The van der Waals surface area contributed by atoms with Gasteiger partial charge in [0.1, 0.15) is 19.1 Å². The molecule has 0 unspecified atom stereocenters. The van der Waals surface area contributed by atoms with E-state index in [1.165, 1.54) is 4.90 Å². The van der Waals surface area contributed by atoms with Crippen molar-refractivity contribution in [3.05, 3.63) is 53.6 Å². The van der Waals surface area contributed by atoms with E-state index in [0.717, 1.165) is 30.0 Å². The van der Waals surface area contributed by atoms with Crippen LogP contribution in [0.5, 0.6) is 11.5 Å². The SMILES string of the molecule is Cc1cccc(NC(=O)C(=O)NC[C@H](c2ccc3c(c2)OCO3)[NH+]2CCOCC2)c1. The van der Waals surface area contributed by atoms with E-state index in [-0.39, 0.29) is 12.8 Å². The Balaban J connectivity index is 1.43. The van der Waals surface area contributed by atoms with Gasteiger partial charge in [-0.25, -0.2) is 0 Å². The van der Waals surface area contributed by atoms with E-state index in [2.05, 4.69) is 10.6 Å². The molecule has 2 aliphatic heterocycles. The van der Waals surface area contributed by atoms with Crippen molar-refractivity contribution < 1.29 is 28.7 Å². The highest BCUT2D eigenvalue weighted by atomic mass is 16.7. The average Bonchev–Trinajstić information content (AvgIpc) is 3.22. The summed E-state index contributed by atoms with van der Waals surface area (Å²) in [5.41, 5.74) is 2.63. The maximum absolute atomic E-state index is 12.4. The highest BCUT2D eigenvalue weighted by molar-refractivity contribution is 6.39. The second-order valence-corrected chi connectivity index (χ2v) is 7.47. The normalized spacial score (nSPS) is 16.7. The van der Waals surface area contributed by atoms with Crippen LogP contribution in [0, 0.1) is 6.92 Å². The van der Waals surface area contributed by atoms with Gasteiger partial charge in [0, 0.05) is 11.3 Å². The number of ether oxygens (including phenoxy) is 3. The average molecular weight is 412 g/mol. The first-order chi connectivity index (χ1) is 14.6. The van der Waals surface area contributed by atoms with E-state index in [0.29, 0.717) is 31.2 Å². The molecule has 0 aromatic heterocycles. The van der Waals surface area contributed by atoms with Crippen molar-refractivity contribution in [3.63, 3.8) is 0 Å². The second-order valence-electron chi connectivity index (χ2n) is 7.47. The molecule has 8 heteroatoms. The molecule has 8 nitrogen and oxygen atoms in total. The molecule has 0 aliphatic carbocycles. The lowest BCUT2D eigenvalue weighted by molar-refractivity contribution is -0.937. The van der Waals surface area contributed by atoms with Crippen LogP contribution < -0.4 is 25.0 Å². The fourth-order valence-electron chi connectivity index (χ4n) is 3.80. The molecule has 30 heavy (non-hydrogen) atoms. The molecule has 1 atom stereocenters. The summed E-state index contributed by atoms with van der Waals surface area (Å²) in [6.45, 7) is 5.45. The number of benzene rings is 2. The summed E-state index contributed by atoms with van der Waals surface area (Å²) in [7, 11) is 0. The summed E-state index contributed by atoms with van der Waals surface area (Å²) in [6.07, 6.45) is 0. The molecule has 4 rings (SSSR count). The number of hydrogen-bond acceptors (Lipinski definition) is 5. The van der Waals surface area contributed by atoms with Gasteiger partial charge in [-0.1, -0.05) is 12.1 Å². The number of aryl methyl sites for hydroxylation is 1. The van der Waals surface area contributed by atoms with Gasteiger partial charge in [-0.15, -0.1) is 0 Å². The molecule has 2 amide bonds. The van der Waals surface area contributed by atoms with Crippen LogP contribution in [-0.2, 0) is 14.3 Å². The maximum atomic E-state index is 12.4. The first kappa shape index (κ1) is 20.2. The topological polar surface area (TPSA) is 90.3 Å². The Morgan fingerprint density at radius 2 is 1.83 bits per heavy atom. The van der Waals surface area contributed by atoms with Gasteiger partial charge in [-0.05, 0) is 42.8 Å². The predicted molar refractivity (Wildman–Crippen MR) is 110 cm³/mol. The number of anilines is 1. The molecule has 2 aromatic carbocycles. The second kappa shape index (κ2) is 9.15. The number of quaternary nitrogens is 1. The van der Waals surface area contributed by atoms with Crippen LogP contribution in [0.2, 0.25) is 0 Å². The molecular formula is C22H26N3O5+. The van der Waals surface area contributed by atoms with Gasteiger partial charge in [-0.3, -0.25) is 9.59 Å². The standard InChI is InChI=1S/C22H25N3O5/c1-15-3-2-4-17(11-15)24-22(27)21(26)23-13-18(25-7-9-28-10-8-25)16-5-6-19-20(12-16)30-14-29-19/h2-6,11-12,18H,7-10,13-14H2,1H3,(H,23,26)(H,24,27)/p+1/t18-/m1/s1. The molecule has 0 spiro atoms. The van der Waals surface area contributed by atoms with Crippen LogP contribution in [0.25, 0.3) is 0 Å². The zero-order valence-electron chi connectivity index (χ0n) is 16.9. The van der Waals surface area contributed by atoms with E-state index in [1.54, 1.807) is 6.07 Å². The number of fused-ring (bicyclic) bond motifs is 1. The van der Waals surface area contributed by atoms with Crippen LogP contribution in [0.4, 0.5) is 5.69 Å². The minimum Gasteiger partial charge on any atom is -0.454 e. The van der Waals surface area contributed by atoms with Crippen molar-refractivity contribution in [2.24, 2.45) is 0 Å². The minimum atomic E-state index is -0.679. The van der Waals surface area contributed by atoms with Crippen LogP contribution in [0.1, 0.15) is 17.2 Å². The summed E-state index contributed by atoms with van der Waals surface area (Å²) >= 11 is 0. The lowest BCUT2D eigenvalue weighted by Crippen LogP contribution is -3.15. The van der Waals surface area contributed by atoms with Crippen molar-refractivity contribution in [2.75, 3.05) is 45.0 Å². The Bertz CT molecular complexity index is 927. The van der Waals surface area contributed by atoms with E-state index < -0.39 is 11.8 Å². The Hall–Kier alpha value is -3.10. The van der Waals surface area contributed by atoms with Crippen molar-refractivity contribution >= 4 is 17.5 Å². The van der Waals surface area contributed by atoms with Gasteiger partial charge >= 0.3 is 11.8 Å². The lowest BCUT2D eigenvalue weighted by Gasteiger charge is -2.32. The number of carbonyl (C=O) groups excluding carboxylic acids is 2. The lowest BCUT2D eigenvalue weighted by atomic mass is 10.0. The highest BCUT2D eigenvalue weighted by Gasteiger charge is 2.29. The molecule has 0 saturated carbocycles. The predicted octanol–water partition coefficient (Wildman–Crippen LogP) is 0.435. The van der Waals surface area contributed by atoms with Gasteiger partial charge < -0.3 is 29.7 Å². The molecule has 2 heterocycles. The third-order valence-electron chi connectivity index (χ3n) is 5.38. The molecule has 0 radical (unpaired) electrons. The summed E-state index contributed by atoms with van der Waals surface area (Å²) in [5, 5.41) is 5.44. The number of rotatable bonds is 5. The smallest absolute Gasteiger partial charge is 0.313 e. The molecule has 2 aromatic rings. The summed E-state index contributed by atoms with van der Waals surface area (Å²) < 4.78 is 16.4. The number of nitrogens with one attached hydrogen (secondary N) is 3. The Morgan fingerprint density at radius 3 is 2.63 bits per heavy atom. The number of carbonyl (C=O) groups is 2. The molecule has 1 fully saturated rings. The monoisotopic (exact) mass is 412 g/mol. The third kappa shape index (κ3) is 4.72. The minimum absolute atomic E-state index is 0.0286. The van der Waals surface area contributed by atoms with Crippen molar-refractivity contribution in [1.29, 1.82) is 0 Å². The summed E-state index contributed by atoms with van der Waals surface area (Å²) in [5.74, 6) is 0.0849. The van der Waals surface area contributed by atoms with Crippen LogP contribution in [0.15, 0.2) is 42.5 Å². The van der Waals surface area contributed by atoms with E-state index in [9.17, 15) is 9.59 Å². The molecule has 3 N–H and O–H groups in total. The molecule has 1 saturated heterocycles. The van der Waals surface area contributed by atoms with Crippen LogP contribution >= 0.6 is 0 Å². The first-order valence-electron chi connectivity index (χ1n) is 10.1.